The molecule has 3 atom stereocenters. The van der Waals surface area contributed by atoms with Gasteiger partial charge in [0.1, 0.15) is 6.10 Å². The highest BCUT2D eigenvalue weighted by Gasteiger charge is 2.52. The van der Waals surface area contributed by atoms with Crippen LogP contribution in [0.25, 0.3) is 0 Å². The molecule has 3 rings (SSSR count). The zero-order chi connectivity index (χ0) is 16.6. The molecule has 7 nitrogen and oxygen atoms in total. The van der Waals surface area contributed by atoms with Crippen molar-refractivity contribution in [1.82, 2.24) is 15.1 Å². The minimum Gasteiger partial charge on any atom is -0.391 e. The maximum atomic E-state index is 12.3. The van der Waals surface area contributed by atoms with E-state index in [9.17, 15) is 19.8 Å². The van der Waals surface area contributed by atoms with Gasteiger partial charge in [-0.3, -0.25) is 9.59 Å². The first-order valence-electron chi connectivity index (χ1n) is 8.60. The average molecular weight is 325 g/mol. The Morgan fingerprint density at radius 3 is 2.78 bits per heavy atom. The lowest BCUT2D eigenvalue weighted by atomic mass is 9.90. The van der Waals surface area contributed by atoms with Crippen LogP contribution in [-0.4, -0.2) is 82.8 Å². The number of piperidine rings is 1. The number of amides is 2. The summed E-state index contributed by atoms with van der Waals surface area (Å²) in [7, 11) is 0. The molecular formula is C16H27N3O4. The molecule has 0 bridgehead atoms. The maximum Gasteiger partial charge on any atom is 0.251 e. The molecule has 3 aliphatic rings. The van der Waals surface area contributed by atoms with E-state index in [-0.39, 0.29) is 29.7 Å². The molecule has 2 saturated heterocycles. The smallest absolute Gasteiger partial charge is 0.251 e. The van der Waals surface area contributed by atoms with Crippen molar-refractivity contribution in [2.24, 2.45) is 5.41 Å². The zero-order valence-corrected chi connectivity index (χ0v) is 13.7. The first-order valence-corrected chi connectivity index (χ1v) is 8.60. The number of aliphatic hydroxyl groups is 2. The summed E-state index contributed by atoms with van der Waals surface area (Å²) >= 11 is 0. The van der Waals surface area contributed by atoms with E-state index < -0.39 is 12.2 Å². The largest absolute Gasteiger partial charge is 0.391 e. The fourth-order valence-corrected chi connectivity index (χ4v) is 3.68. The number of piperazine rings is 1. The Labute approximate surface area is 136 Å². The molecule has 23 heavy (non-hydrogen) atoms. The van der Waals surface area contributed by atoms with E-state index in [1.165, 1.54) is 0 Å². The standard InChI is InChI=1S/C16H27N3O4/c1-11-14(22)18(9-6-17-11)7-2-12(20)15(23)19-8-5-16(3-4-16)13(21)10-19/h11-13,17,20-21H,2-10H2,1H3/t11-,12+,13+/m0/s1. The monoisotopic (exact) mass is 325 g/mol. The summed E-state index contributed by atoms with van der Waals surface area (Å²) in [5, 5.41) is 23.4. The van der Waals surface area contributed by atoms with Gasteiger partial charge in [0.2, 0.25) is 5.91 Å². The highest BCUT2D eigenvalue weighted by molar-refractivity contribution is 5.83. The van der Waals surface area contributed by atoms with Crippen LogP contribution in [0.15, 0.2) is 0 Å². The predicted molar refractivity (Wildman–Crippen MR) is 83.5 cm³/mol. The van der Waals surface area contributed by atoms with E-state index in [0.717, 1.165) is 25.8 Å². The number of aliphatic hydroxyl groups excluding tert-OH is 2. The lowest BCUT2D eigenvalue weighted by Crippen LogP contribution is -2.55. The summed E-state index contributed by atoms with van der Waals surface area (Å²) in [6, 6.07) is -0.205. The molecule has 1 aliphatic carbocycles. The molecular weight excluding hydrogens is 298 g/mol. The van der Waals surface area contributed by atoms with Gasteiger partial charge in [-0.1, -0.05) is 0 Å². The van der Waals surface area contributed by atoms with Gasteiger partial charge < -0.3 is 25.3 Å². The van der Waals surface area contributed by atoms with Crippen LogP contribution >= 0.6 is 0 Å². The first kappa shape index (κ1) is 16.7. The molecule has 1 spiro atoms. The molecule has 2 aliphatic heterocycles. The molecule has 0 unspecified atom stereocenters. The fraction of sp³-hybridized carbons (Fsp3) is 0.875. The third-order valence-corrected chi connectivity index (χ3v) is 5.66. The van der Waals surface area contributed by atoms with Gasteiger partial charge >= 0.3 is 0 Å². The van der Waals surface area contributed by atoms with Gasteiger partial charge in [0.05, 0.1) is 12.1 Å². The summed E-state index contributed by atoms with van der Waals surface area (Å²) in [5.74, 6) is -0.310. The Kier molecular flexibility index (Phi) is 4.62. The molecule has 2 heterocycles. The predicted octanol–water partition coefficient (Wildman–Crippen LogP) is -1.07. The number of nitrogens with zero attached hydrogens (tertiary/aromatic N) is 2. The Balaban J connectivity index is 1.47. The minimum atomic E-state index is -1.10. The van der Waals surface area contributed by atoms with Crippen LogP contribution in [-0.2, 0) is 9.59 Å². The van der Waals surface area contributed by atoms with Crippen molar-refractivity contribution in [1.29, 1.82) is 0 Å². The summed E-state index contributed by atoms with van der Waals surface area (Å²) in [6.45, 7) is 4.47. The number of carbonyl (C=O) groups excluding carboxylic acids is 2. The number of hydrogen-bond donors (Lipinski definition) is 3. The second kappa shape index (κ2) is 6.37. The number of likely N-dealkylation sites (tertiary alicyclic amines) is 1. The van der Waals surface area contributed by atoms with Crippen LogP contribution in [0, 0.1) is 5.41 Å². The highest BCUT2D eigenvalue weighted by atomic mass is 16.3. The van der Waals surface area contributed by atoms with Gasteiger partial charge in [-0.15, -0.1) is 0 Å². The van der Waals surface area contributed by atoms with Crippen LogP contribution in [0.4, 0.5) is 0 Å². The molecule has 0 aromatic heterocycles. The highest BCUT2D eigenvalue weighted by Crippen LogP contribution is 2.53. The van der Waals surface area contributed by atoms with Crippen molar-refractivity contribution in [2.75, 3.05) is 32.7 Å². The number of carbonyl (C=O) groups is 2. The van der Waals surface area contributed by atoms with Crippen molar-refractivity contribution in [3.05, 3.63) is 0 Å². The Bertz CT molecular complexity index is 480. The summed E-state index contributed by atoms with van der Waals surface area (Å²) in [6.07, 6.45) is 1.58. The first-order chi connectivity index (χ1) is 10.9. The topological polar surface area (TPSA) is 93.1 Å². The molecule has 0 aromatic carbocycles. The van der Waals surface area contributed by atoms with Crippen molar-refractivity contribution < 1.29 is 19.8 Å². The molecule has 7 heteroatoms. The SMILES string of the molecule is C[C@@H]1NCCN(CC[C@@H](O)C(=O)N2CCC3(CC3)[C@H](O)C2)C1=O. The molecule has 1 saturated carbocycles. The number of hydrogen-bond acceptors (Lipinski definition) is 5. The quantitative estimate of drug-likeness (QED) is 0.612. The number of nitrogens with one attached hydrogen (secondary N) is 1. The van der Waals surface area contributed by atoms with Gasteiger partial charge in [-0.05, 0) is 38.0 Å². The summed E-state index contributed by atoms with van der Waals surface area (Å²) in [5.41, 5.74) is 0.0467. The molecule has 2 amide bonds. The van der Waals surface area contributed by atoms with Gasteiger partial charge in [0.15, 0.2) is 0 Å². The Morgan fingerprint density at radius 1 is 1.39 bits per heavy atom. The van der Waals surface area contributed by atoms with Gasteiger partial charge in [0.25, 0.3) is 5.91 Å². The number of rotatable bonds is 4. The van der Waals surface area contributed by atoms with Crippen LogP contribution in [0.3, 0.4) is 0 Å². The third kappa shape index (κ3) is 3.36. The molecule has 0 radical (unpaired) electrons. The van der Waals surface area contributed by atoms with E-state index in [1.54, 1.807) is 9.80 Å². The van der Waals surface area contributed by atoms with E-state index in [1.807, 2.05) is 6.92 Å². The fourth-order valence-electron chi connectivity index (χ4n) is 3.68. The van der Waals surface area contributed by atoms with Gasteiger partial charge in [-0.25, -0.2) is 0 Å². The summed E-state index contributed by atoms with van der Waals surface area (Å²) < 4.78 is 0. The normalized spacial score (nSPS) is 31.3. The Hall–Kier alpha value is -1.18. The van der Waals surface area contributed by atoms with Crippen LogP contribution in [0.2, 0.25) is 0 Å². The van der Waals surface area contributed by atoms with Crippen molar-refractivity contribution >= 4 is 11.8 Å². The van der Waals surface area contributed by atoms with Crippen LogP contribution < -0.4 is 5.32 Å². The minimum absolute atomic E-state index is 0.0139. The number of β-amino-alcohol motifs (C(OH)–C–C–N with tert-alkyl or cyclic N) is 1. The molecule has 0 aromatic rings. The molecule has 130 valence electrons. The summed E-state index contributed by atoms with van der Waals surface area (Å²) in [4.78, 5) is 27.6. The van der Waals surface area contributed by atoms with E-state index in [2.05, 4.69) is 5.32 Å². The lowest BCUT2D eigenvalue weighted by molar-refractivity contribution is -0.146. The Morgan fingerprint density at radius 2 is 2.13 bits per heavy atom. The third-order valence-electron chi connectivity index (χ3n) is 5.66. The zero-order valence-electron chi connectivity index (χ0n) is 13.7. The van der Waals surface area contributed by atoms with Crippen LogP contribution in [0.1, 0.15) is 32.6 Å². The lowest BCUT2D eigenvalue weighted by Gasteiger charge is -2.37. The van der Waals surface area contributed by atoms with Gasteiger partial charge in [-0.2, -0.15) is 0 Å². The van der Waals surface area contributed by atoms with Gasteiger partial charge in [0, 0.05) is 32.7 Å². The molecule has 3 fully saturated rings. The molecule has 3 N–H and O–H groups in total. The van der Waals surface area contributed by atoms with Crippen molar-refractivity contribution in [2.45, 2.75) is 50.9 Å². The average Bonchev–Trinajstić information content (AvgIpc) is 3.31. The van der Waals surface area contributed by atoms with Crippen molar-refractivity contribution in [3.63, 3.8) is 0 Å². The van der Waals surface area contributed by atoms with E-state index in [4.69, 9.17) is 0 Å². The van der Waals surface area contributed by atoms with Crippen molar-refractivity contribution in [3.8, 4) is 0 Å². The maximum absolute atomic E-state index is 12.3. The van der Waals surface area contributed by atoms with E-state index >= 15 is 0 Å². The second-order valence-electron chi connectivity index (χ2n) is 7.22. The van der Waals surface area contributed by atoms with E-state index in [0.29, 0.717) is 26.2 Å². The second-order valence-corrected chi connectivity index (χ2v) is 7.22. The van der Waals surface area contributed by atoms with Crippen LogP contribution in [0.5, 0.6) is 0 Å².